The van der Waals surface area contributed by atoms with Crippen molar-refractivity contribution in [2.45, 2.75) is 26.2 Å². The van der Waals surface area contributed by atoms with Crippen LogP contribution in [0.25, 0.3) is 10.9 Å². The molecule has 0 aliphatic rings. The van der Waals surface area contributed by atoms with Gasteiger partial charge in [0.15, 0.2) is 18.1 Å². The molecule has 3 rings (SSSR count). The van der Waals surface area contributed by atoms with Crippen LogP contribution < -0.4 is 20.8 Å². The highest BCUT2D eigenvalue weighted by Crippen LogP contribution is 2.36. The van der Waals surface area contributed by atoms with Crippen LogP contribution in [0.4, 0.5) is 0 Å². The van der Waals surface area contributed by atoms with Crippen LogP contribution in [0.15, 0.2) is 49.2 Å². The highest BCUT2D eigenvalue weighted by atomic mass is 79.9. The average molecular weight is 566 g/mol. The molecule has 168 valence electrons. The van der Waals surface area contributed by atoms with Crippen molar-refractivity contribution < 1.29 is 14.3 Å². The number of aromatic nitrogens is 2. The summed E-state index contributed by atoms with van der Waals surface area (Å²) in [5.74, 6) is 0.733. The number of fused-ring (bicyclic) bond motifs is 1. The number of aryl methyl sites for hydroxylation is 1. The molecule has 1 heterocycles. The Bertz CT molecular complexity index is 1240. The number of nitrogens with zero attached hydrogens (tertiary/aromatic N) is 3. The Hall–Kier alpha value is -2.72. The molecule has 10 heteroatoms. The Balaban J connectivity index is 2.05. The molecule has 0 radical (unpaired) electrons. The lowest BCUT2D eigenvalue weighted by atomic mass is 10.2. The summed E-state index contributed by atoms with van der Waals surface area (Å²) < 4.78 is 13.5. The van der Waals surface area contributed by atoms with Crippen LogP contribution in [-0.4, -0.2) is 35.5 Å². The van der Waals surface area contributed by atoms with E-state index in [1.54, 1.807) is 24.4 Å². The predicted octanol–water partition coefficient (Wildman–Crippen LogP) is 4.02. The number of hydrogen-bond acceptors (Lipinski definition) is 6. The molecule has 3 aromatic rings. The third-order valence-electron chi connectivity index (χ3n) is 4.56. The van der Waals surface area contributed by atoms with Gasteiger partial charge in [0, 0.05) is 10.9 Å². The van der Waals surface area contributed by atoms with E-state index in [4.69, 9.17) is 15.2 Å². The summed E-state index contributed by atoms with van der Waals surface area (Å²) in [5, 5.41) is 4.92. The molecule has 0 saturated carbocycles. The zero-order chi connectivity index (χ0) is 23.3. The van der Waals surface area contributed by atoms with Gasteiger partial charge < -0.3 is 15.2 Å². The molecule has 2 N–H and O–H groups in total. The minimum atomic E-state index is -0.598. The number of hydrogen-bond donors (Lipinski definition) is 1. The van der Waals surface area contributed by atoms with E-state index < -0.39 is 5.91 Å². The summed E-state index contributed by atoms with van der Waals surface area (Å²) in [6, 6.07) is 8.84. The van der Waals surface area contributed by atoms with Crippen molar-refractivity contribution in [3.05, 3.63) is 61.0 Å². The quantitative estimate of drug-likeness (QED) is 0.394. The normalized spacial score (nSPS) is 11.2. The predicted molar refractivity (Wildman–Crippen MR) is 131 cm³/mol. The van der Waals surface area contributed by atoms with E-state index in [9.17, 15) is 9.59 Å². The van der Waals surface area contributed by atoms with Gasteiger partial charge in [-0.2, -0.15) is 9.78 Å². The van der Waals surface area contributed by atoms with Crippen molar-refractivity contribution in [1.82, 2.24) is 9.66 Å². The van der Waals surface area contributed by atoms with Gasteiger partial charge >= 0.3 is 0 Å². The number of amides is 1. The first-order valence-electron chi connectivity index (χ1n) is 9.88. The number of ether oxygens (including phenoxy) is 2. The van der Waals surface area contributed by atoms with Gasteiger partial charge in [-0.15, -0.1) is 0 Å². The number of rotatable bonds is 9. The van der Waals surface area contributed by atoms with Crippen LogP contribution in [0.2, 0.25) is 0 Å². The number of benzene rings is 2. The second kappa shape index (κ2) is 10.7. The highest BCUT2D eigenvalue weighted by Gasteiger charge is 2.14. The van der Waals surface area contributed by atoms with Crippen molar-refractivity contribution in [3.63, 3.8) is 0 Å². The Kier molecular flexibility index (Phi) is 8.03. The molecule has 2 aromatic carbocycles. The number of carbonyl (C=O) groups excluding carboxylic acids is 1. The number of primary amides is 1. The van der Waals surface area contributed by atoms with Gasteiger partial charge in [-0.05, 0) is 58.2 Å². The lowest BCUT2D eigenvalue weighted by molar-refractivity contribution is -0.119. The van der Waals surface area contributed by atoms with E-state index in [1.807, 2.05) is 12.1 Å². The van der Waals surface area contributed by atoms with Crippen molar-refractivity contribution in [3.8, 4) is 11.5 Å². The topological polar surface area (TPSA) is 109 Å². The van der Waals surface area contributed by atoms with E-state index in [-0.39, 0.29) is 12.2 Å². The average Bonchev–Trinajstić information content (AvgIpc) is 2.76. The van der Waals surface area contributed by atoms with Crippen LogP contribution in [-0.2, 0) is 11.2 Å². The molecule has 0 atom stereocenters. The zero-order valence-electron chi connectivity index (χ0n) is 17.6. The second-order valence-corrected chi connectivity index (χ2v) is 8.71. The molecule has 8 nitrogen and oxygen atoms in total. The second-order valence-electron chi connectivity index (χ2n) is 6.94. The van der Waals surface area contributed by atoms with Gasteiger partial charge in [-0.1, -0.05) is 29.3 Å². The fraction of sp³-hybridized carbons (Fsp3) is 0.273. The van der Waals surface area contributed by atoms with Crippen molar-refractivity contribution in [2.75, 3.05) is 13.7 Å². The van der Waals surface area contributed by atoms with Gasteiger partial charge in [0.25, 0.3) is 11.5 Å². The maximum atomic E-state index is 13.2. The van der Waals surface area contributed by atoms with Gasteiger partial charge in [0.05, 0.1) is 28.7 Å². The maximum absolute atomic E-state index is 13.2. The molecule has 0 saturated heterocycles. The van der Waals surface area contributed by atoms with E-state index in [0.29, 0.717) is 44.7 Å². The van der Waals surface area contributed by atoms with Crippen LogP contribution in [0.3, 0.4) is 0 Å². The summed E-state index contributed by atoms with van der Waals surface area (Å²) in [4.78, 5) is 28.9. The third kappa shape index (κ3) is 5.55. The summed E-state index contributed by atoms with van der Waals surface area (Å²) in [6.45, 7) is 1.80. The first kappa shape index (κ1) is 23.9. The fourth-order valence-electron chi connectivity index (χ4n) is 3.03. The fourth-order valence-corrected chi connectivity index (χ4v) is 3.97. The zero-order valence-corrected chi connectivity index (χ0v) is 20.8. The molecular formula is C22H22Br2N4O4. The summed E-state index contributed by atoms with van der Waals surface area (Å²) in [6.07, 6.45) is 4.03. The monoisotopic (exact) mass is 564 g/mol. The molecule has 0 unspecified atom stereocenters. The molecular weight excluding hydrogens is 544 g/mol. The Morgan fingerprint density at radius 2 is 2.06 bits per heavy atom. The largest absolute Gasteiger partial charge is 0.493 e. The number of methoxy groups -OCH3 is 1. The van der Waals surface area contributed by atoms with Gasteiger partial charge in [0.2, 0.25) is 0 Å². The minimum Gasteiger partial charge on any atom is -0.493 e. The number of halogens is 2. The minimum absolute atomic E-state index is 0.244. The molecule has 0 aliphatic carbocycles. The molecule has 0 spiro atoms. The van der Waals surface area contributed by atoms with Crippen molar-refractivity contribution >= 4 is 54.9 Å². The maximum Gasteiger partial charge on any atom is 0.282 e. The van der Waals surface area contributed by atoms with Crippen LogP contribution in [0, 0.1) is 0 Å². The van der Waals surface area contributed by atoms with Gasteiger partial charge in [-0.3, -0.25) is 9.59 Å². The lowest BCUT2D eigenvalue weighted by Gasteiger charge is -2.12. The van der Waals surface area contributed by atoms with Gasteiger partial charge in [-0.25, -0.2) is 4.98 Å². The van der Waals surface area contributed by atoms with E-state index in [2.05, 4.69) is 48.9 Å². The van der Waals surface area contributed by atoms with Crippen molar-refractivity contribution in [2.24, 2.45) is 10.8 Å². The van der Waals surface area contributed by atoms with Crippen LogP contribution >= 0.6 is 31.9 Å². The molecule has 0 fully saturated rings. The Morgan fingerprint density at radius 1 is 1.28 bits per heavy atom. The first-order valence-corrected chi connectivity index (χ1v) is 11.5. The Labute approximate surface area is 201 Å². The Morgan fingerprint density at radius 3 is 2.75 bits per heavy atom. The lowest BCUT2D eigenvalue weighted by Crippen LogP contribution is -2.22. The smallest absolute Gasteiger partial charge is 0.282 e. The van der Waals surface area contributed by atoms with Crippen LogP contribution in [0.5, 0.6) is 11.5 Å². The standard InChI is InChI=1S/C22H22Br2N4O4/c1-3-4-5-20-27-17-7-6-14(23)10-15(17)22(30)28(20)26-11-13-8-16(24)21(18(9-13)31-2)32-12-19(25)29/h6-11H,3-5,12H2,1-2H3,(H2,25,29). The summed E-state index contributed by atoms with van der Waals surface area (Å²) in [5.41, 5.74) is 6.20. The molecule has 32 heavy (non-hydrogen) atoms. The molecule has 0 bridgehead atoms. The molecule has 0 aliphatic heterocycles. The van der Waals surface area contributed by atoms with Gasteiger partial charge in [0.1, 0.15) is 5.82 Å². The summed E-state index contributed by atoms with van der Waals surface area (Å²) >= 11 is 6.82. The summed E-state index contributed by atoms with van der Waals surface area (Å²) in [7, 11) is 1.48. The van der Waals surface area contributed by atoms with Crippen LogP contribution in [0.1, 0.15) is 31.2 Å². The third-order valence-corrected chi connectivity index (χ3v) is 5.64. The first-order chi connectivity index (χ1) is 15.3. The number of unbranched alkanes of at least 4 members (excludes halogenated alkanes) is 1. The van der Waals surface area contributed by atoms with E-state index in [0.717, 1.165) is 17.3 Å². The highest BCUT2D eigenvalue weighted by molar-refractivity contribution is 9.10. The number of nitrogens with two attached hydrogens (primary N) is 1. The molecule has 1 amide bonds. The van der Waals surface area contributed by atoms with E-state index in [1.165, 1.54) is 11.8 Å². The SMILES string of the molecule is CCCCc1nc2ccc(Br)cc2c(=O)n1N=Cc1cc(Br)c(OCC(N)=O)c(OC)c1. The number of carbonyl (C=O) groups is 1. The molecule has 1 aromatic heterocycles. The van der Waals surface area contributed by atoms with Crippen molar-refractivity contribution in [1.29, 1.82) is 0 Å². The van der Waals surface area contributed by atoms with E-state index >= 15 is 0 Å².